The molecule has 4 rings (SSSR count). The monoisotopic (exact) mass is 577 g/mol. The Morgan fingerprint density at radius 2 is 1.93 bits per heavy atom. The lowest BCUT2D eigenvalue weighted by Crippen LogP contribution is -2.47. The summed E-state index contributed by atoms with van der Waals surface area (Å²) in [5.74, 6) is -2.18. The van der Waals surface area contributed by atoms with Gasteiger partial charge in [0, 0.05) is 37.3 Å². The van der Waals surface area contributed by atoms with Crippen LogP contribution in [0.3, 0.4) is 0 Å². The zero-order valence-electron chi connectivity index (χ0n) is 22.6. The number of rotatable bonds is 7. The number of carbonyl (C=O) groups excluding carboxylic acids is 2. The Kier molecular flexibility index (Phi) is 8.92. The molecule has 1 fully saturated rings. The van der Waals surface area contributed by atoms with E-state index in [0.717, 1.165) is 17.7 Å². The van der Waals surface area contributed by atoms with Gasteiger partial charge in [-0.3, -0.25) is 4.79 Å². The summed E-state index contributed by atoms with van der Waals surface area (Å²) >= 11 is 5.90. The number of likely N-dealkylation sites (tertiary alicyclic amines) is 1. The van der Waals surface area contributed by atoms with Crippen molar-refractivity contribution >= 4 is 23.7 Å². The Balaban J connectivity index is 1.42. The molecule has 1 aliphatic heterocycles. The van der Waals surface area contributed by atoms with Crippen molar-refractivity contribution in [3.8, 4) is 17.1 Å². The molecule has 214 valence electrons. The fourth-order valence-electron chi connectivity index (χ4n) is 4.43. The topological polar surface area (TPSA) is 104 Å². The van der Waals surface area contributed by atoms with Crippen molar-refractivity contribution in [2.24, 2.45) is 5.92 Å². The number of hydrogen-bond donors (Lipinski definition) is 0. The van der Waals surface area contributed by atoms with Gasteiger partial charge >= 0.3 is 12.1 Å². The molecule has 1 aromatic carbocycles. The van der Waals surface area contributed by atoms with Crippen molar-refractivity contribution in [3.63, 3.8) is 0 Å². The smallest absolute Gasteiger partial charge is 0.410 e. The lowest BCUT2D eigenvalue weighted by molar-refractivity contribution is -0.150. The fraction of sp³-hybridized carbons (Fsp3) is 0.429. The second-order valence-corrected chi connectivity index (χ2v) is 10.7. The molecule has 3 heterocycles. The molecule has 0 unspecified atom stereocenters. The van der Waals surface area contributed by atoms with E-state index >= 15 is 0 Å². The van der Waals surface area contributed by atoms with Gasteiger partial charge in [0.1, 0.15) is 22.9 Å². The van der Waals surface area contributed by atoms with Crippen molar-refractivity contribution < 1.29 is 37.1 Å². The minimum Gasteiger partial charge on any atom is -0.469 e. The highest BCUT2D eigenvalue weighted by molar-refractivity contribution is 6.33. The molecule has 2 aromatic heterocycles. The molecule has 1 aliphatic rings. The van der Waals surface area contributed by atoms with E-state index < -0.39 is 40.2 Å². The average molecular weight is 578 g/mol. The number of halogens is 3. The van der Waals surface area contributed by atoms with E-state index in [1.165, 1.54) is 11.0 Å². The van der Waals surface area contributed by atoms with Crippen molar-refractivity contribution in [3.05, 3.63) is 64.5 Å². The van der Waals surface area contributed by atoms with E-state index in [4.69, 9.17) is 30.3 Å². The van der Waals surface area contributed by atoms with Gasteiger partial charge in [-0.05, 0) is 51.8 Å². The second-order valence-electron chi connectivity index (χ2n) is 10.3. The molecule has 0 N–H and O–H groups in total. The average Bonchev–Trinajstić information content (AvgIpc) is 3.37. The zero-order valence-corrected chi connectivity index (χ0v) is 23.3. The Labute approximate surface area is 235 Å². The van der Waals surface area contributed by atoms with Crippen LogP contribution in [0.2, 0.25) is 5.02 Å². The number of esters is 1. The zero-order chi connectivity index (χ0) is 29.0. The lowest BCUT2D eigenvalue weighted by atomic mass is 9.81. The first-order valence-corrected chi connectivity index (χ1v) is 13.2. The third kappa shape index (κ3) is 6.88. The molecule has 2 atom stereocenters. The first-order chi connectivity index (χ1) is 19.0. The minimum atomic E-state index is -0.774. The molecule has 12 heteroatoms. The molecule has 0 spiro atoms. The summed E-state index contributed by atoms with van der Waals surface area (Å²) in [4.78, 5) is 31.3. The van der Waals surface area contributed by atoms with E-state index in [2.05, 4.69) is 10.1 Å². The molecule has 0 saturated carbocycles. The molecule has 1 amide bonds. The van der Waals surface area contributed by atoms with Crippen LogP contribution in [0, 0.1) is 17.6 Å². The van der Waals surface area contributed by atoms with E-state index in [1.54, 1.807) is 46.0 Å². The van der Waals surface area contributed by atoms with Gasteiger partial charge in [0.25, 0.3) is 0 Å². The van der Waals surface area contributed by atoms with Gasteiger partial charge in [0.05, 0.1) is 23.1 Å². The van der Waals surface area contributed by atoms with Crippen LogP contribution in [-0.4, -0.2) is 52.4 Å². The highest BCUT2D eigenvalue weighted by Gasteiger charge is 2.39. The van der Waals surface area contributed by atoms with Crippen LogP contribution in [0.5, 0.6) is 5.88 Å². The first-order valence-electron chi connectivity index (χ1n) is 12.8. The van der Waals surface area contributed by atoms with Crippen LogP contribution in [0.1, 0.15) is 51.4 Å². The lowest BCUT2D eigenvalue weighted by Gasteiger charge is -2.38. The van der Waals surface area contributed by atoms with Gasteiger partial charge < -0.3 is 23.6 Å². The molecular weight excluding hydrogens is 548 g/mol. The maximum atomic E-state index is 14.2. The molecule has 9 nitrogen and oxygen atoms in total. The van der Waals surface area contributed by atoms with Gasteiger partial charge in [-0.15, -0.1) is 0 Å². The Morgan fingerprint density at radius 3 is 2.60 bits per heavy atom. The summed E-state index contributed by atoms with van der Waals surface area (Å²) in [5.41, 5.74) is -0.0182. The Morgan fingerprint density at radius 1 is 1.18 bits per heavy atom. The van der Waals surface area contributed by atoms with Crippen LogP contribution < -0.4 is 4.74 Å². The fourth-order valence-corrected chi connectivity index (χ4v) is 4.68. The van der Waals surface area contributed by atoms with Gasteiger partial charge in [-0.1, -0.05) is 22.8 Å². The van der Waals surface area contributed by atoms with E-state index in [0.29, 0.717) is 13.0 Å². The van der Waals surface area contributed by atoms with E-state index in [1.807, 2.05) is 0 Å². The Hall–Kier alpha value is -3.73. The van der Waals surface area contributed by atoms with Gasteiger partial charge in [0.15, 0.2) is 12.4 Å². The number of nitrogens with zero attached hydrogens (tertiary/aromatic N) is 3. The third-order valence-electron chi connectivity index (χ3n) is 6.26. The number of ether oxygens (including phenoxy) is 3. The highest BCUT2D eigenvalue weighted by atomic mass is 35.5. The number of piperidine rings is 1. The summed E-state index contributed by atoms with van der Waals surface area (Å²) in [6.07, 6.45) is 1.66. The number of benzene rings is 1. The third-order valence-corrected chi connectivity index (χ3v) is 6.63. The maximum Gasteiger partial charge on any atom is 0.410 e. The molecule has 0 aliphatic carbocycles. The van der Waals surface area contributed by atoms with E-state index in [9.17, 15) is 18.4 Å². The molecular formula is C28H30ClF2N3O6. The molecule has 0 bridgehead atoms. The largest absolute Gasteiger partial charge is 0.469 e. The van der Waals surface area contributed by atoms with Gasteiger partial charge in [-0.25, -0.2) is 18.6 Å². The quantitative estimate of drug-likeness (QED) is 0.243. The predicted octanol–water partition coefficient (Wildman–Crippen LogP) is 6.15. The number of pyridine rings is 1. The highest BCUT2D eigenvalue weighted by Crippen LogP contribution is 2.35. The molecule has 0 radical (unpaired) electrons. The van der Waals surface area contributed by atoms with E-state index in [-0.39, 0.29) is 48.6 Å². The normalized spacial score (nSPS) is 17.4. The molecule has 40 heavy (non-hydrogen) atoms. The number of hydrogen-bond acceptors (Lipinski definition) is 8. The number of aromatic nitrogens is 2. The maximum absolute atomic E-state index is 14.2. The van der Waals surface area contributed by atoms with Gasteiger partial charge in [-0.2, -0.15) is 0 Å². The summed E-state index contributed by atoms with van der Waals surface area (Å²) in [6.45, 7) is 7.83. The van der Waals surface area contributed by atoms with Crippen molar-refractivity contribution in [1.29, 1.82) is 0 Å². The minimum absolute atomic E-state index is 0.0339. The van der Waals surface area contributed by atoms with Crippen molar-refractivity contribution in [2.45, 2.75) is 52.2 Å². The molecule has 1 saturated heterocycles. The first kappa shape index (κ1) is 29.3. The van der Waals surface area contributed by atoms with Crippen LogP contribution >= 0.6 is 11.6 Å². The number of carbonyl (C=O) groups is 2. The Bertz CT molecular complexity index is 1360. The standard InChI is InChI=1S/C28H30ClF2N3O6/c1-5-37-26(35)19-14-34(27(36)39-28(2,3)4)11-10-18(19)16-6-9-23(32-13-16)38-15-17-12-22(33-40-17)24-20(30)7-8-21(31)25(24)29/h6-9,12-13,18-19H,5,10-11,14-15H2,1-4H3/t18-,19-/m0/s1. The summed E-state index contributed by atoms with van der Waals surface area (Å²) < 4.78 is 49.6. The van der Waals surface area contributed by atoms with Crippen LogP contribution in [0.4, 0.5) is 13.6 Å². The predicted molar refractivity (Wildman–Crippen MR) is 141 cm³/mol. The summed E-state index contributed by atoms with van der Waals surface area (Å²) in [5, 5.41) is 3.37. The number of amides is 1. The van der Waals surface area contributed by atoms with Crippen molar-refractivity contribution in [2.75, 3.05) is 19.7 Å². The second kappa shape index (κ2) is 12.2. The van der Waals surface area contributed by atoms with Gasteiger partial charge in [0.2, 0.25) is 5.88 Å². The molecule has 3 aromatic rings. The van der Waals surface area contributed by atoms with Crippen LogP contribution in [-0.2, 0) is 20.9 Å². The van der Waals surface area contributed by atoms with Crippen LogP contribution in [0.25, 0.3) is 11.3 Å². The SMILES string of the molecule is CCOC(=O)[C@H]1CN(C(=O)OC(C)(C)C)CC[C@H]1c1ccc(OCc2cc(-c3c(F)ccc(F)c3Cl)no2)nc1. The van der Waals surface area contributed by atoms with Crippen LogP contribution in [0.15, 0.2) is 41.1 Å². The van der Waals surface area contributed by atoms with Crippen molar-refractivity contribution in [1.82, 2.24) is 15.0 Å². The summed E-state index contributed by atoms with van der Waals surface area (Å²) in [7, 11) is 0. The summed E-state index contributed by atoms with van der Waals surface area (Å²) in [6, 6.07) is 6.75.